The molecule has 0 aromatic heterocycles. The number of benzene rings is 1. The molecule has 1 aliphatic carbocycles. The van der Waals surface area contributed by atoms with Crippen LogP contribution >= 0.6 is 0 Å². The predicted octanol–water partition coefficient (Wildman–Crippen LogP) is 4.33. The quantitative estimate of drug-likeness (QED) is 0.350. The molecular formula is C16H21NO5. The number of nitro groups is 1. The summed E-state index contributed by atoms with van der Waals surface area (Å²) in [6.07, 6.45) is 5.43. The lowest BCUT2D eigenvalue weighted by Crippen LogP contribution is -2.22. The molecule has 1 atom stereocenters. The fourth-order valence-corrected chi connectivity index (χ4v) is 2.80. The van der Waals surface area contributed by atoms with E-state index in [1.54, 1.807) is 0 Å². The van der Waals surface area contributed by atoms with Gasteiger partial charge in [0, 0.05) is 12.1 Å². The number of carbonyl (C=O) groups excluding carboxylic acids is 1. The molecule has 0 heterocycles. The van der Waals surface area contributed by atoms with Gasteiger partial charge in [0.15, 0.2) is 0 Å². The highest BCUT2D eigenvalue weighted by Gasteiger charge is 2.21. The Morgan fingerprint density at radius 2 is 1.91 bits per heavy atom. The number of non-ortho nitro benzene ring substituents is 1. The molecule has 1 saturated carbocycles. The van der Waals surface area contributed by atoms with E-state index >= 15 is 0 Å². The normalized spacial score (nSPS) is 16.8. The lowest BCUT2D eigenvalue weighted by Gasteiger charge is -2.27. The lowest BCUT2D eigenvalue weighted by molar-refractivity contribution is -0.384. The molecular weight excluding hydrogens is 286 g/mol. The minimum absolute atomic E-state index is 0.0494. The van der Waals surface area contributed by atoms with Crippen molar-refractivity contribution in [3.8, 4) is 5.75 Å². The smallest absolute Gasteiger partial charge is 0.434 e. The third-order valence-corrected chi connectivity index (χ3v) is 4.17. The van der Waals surface area contributed by atoms with Crippen molar-refractivity contribution in [2.75, 3.05) is 6.61 Å². The van der Waals surface area contributed by atoms with Gasteiger partial charge in [-0.15, -0.1) is 0 Å². The van der Waals surface area contributed by atoms with Gasteiger partial charge in [0.05, 0.1) is 11.5 Å². The van der Waals surface area contributed by atoms with Gasteiger partial charge in [0.25, 0.3) is 5.69 Å². The van der Waals surface area contributed by atoms with Crippen LogP contribution in [0.2, 0.25) is 0 Å². The first-order valence-corrected chi connectivity index (χ1v) is 7.65. The first-order valence-electron chi connectivity index (χ1n) is 7.65. The molecule has 1 aromatic carbocycles. The Kier molecular flexibility index (Phi) is 5.75. The van der Waals surface area contributed by atoms with Crippen LogP contribution in [-0.4, -0.2) is 17.7 Å². The van der Waals surface area contributed by atoms with E-state index < -0.39 is 11.1 Å². The number of hydrogen-bond donors (Lipinski definition) is 0. The van der Waals surface area contributed by atoms with Crippen LogP contribution in [0.15, 0.2) is 24.3 Å². The van der Waals surface area contributed by atoms with Crippen LogP contribution in [0.3, 0.4) is 0 Å². The topological polar surface area (TPSA) is 78.7 Å². The number of ether oxygens (including phenoxy) is 2. The van der Waals surface area contributed by atoms with Gasteiger partial charge < -0.3 is 9.47 Å². The molecule has 0 radical (unpaired) electrons. The van der Waals surface area contributed by atoms with Crippen molar-refractivity contribution < 1.29 is 19.2 Å². The highest BCUT2D eigenvalue weighted by molar-refractivity contribution is 5.63. The van der Waals surface area contributed by atoms with Crippen molar-refractivity contribution in [1.29, 1.82) is 0 Å². The molecule has 0 N–H and O–H groups in total. The summed E-state index contributed by atoms with van der Waals surface area (Å²) in [5.74, 6) is 1.17. The summed E-state index contributed by atoms with van der Waals surface area (Å²) < 4.78 is 10.1. The van der Waals surface area contributed by atoms with E-state index in [1.165, 1.54) is 56.4 Å². The maximum absolute atomic E-state index is 11.6. The monoisotopic (exact) mass is 307 g/mol. The number of rotatable bonds is 5. The molecule has 0 unspecified atom stereocenters. The van der Waals surface area contributed by atoms with Gasteiger partial charge in [0.1, 0.15) is 5.75 Å². The number of nitro benzene ring substituents is 1. The molecule has 120 valence electrons. The van der Waals surface area contributed by atoms with Crippen molar-refractivity contribution >= 4 is 11.8 Å². The largest absolute Gasteiger partial charge is 0.513 e. The molecule has 1 fully saturated rings. The van der Waals surface area contributed by atoms with Gasteiger partial charge in [-0.05, 0) is 24.0 Å². The van der Waals surface area contributed by atoms with Gasteiger partial charge in [0.2, 0.25) is 0 Å². The molecule has 0 spiro atoms. The Labute approximate surface area is 129 Å². The van der Waals surface area contributed by atoms with E-state index in [4.69, 9.17) is 9.47 Å². The van der Waals surface area contributed by atoms with Crippen molar-refractivity contribution in [3.05, 3.63) is 34.4 Å². The second-order valence-electron chi connectivity index (χ2n) is 5.79. The van der Waals surface area contributed by atoms with Gasteiger partial charge >= 0.3 is 6.16 Å². The molecule has 0 bridgehead atoms. The Hall–Kier alpha value is -2.11. The third-order valence-electron chi connectivity index (χ3n) is 4.17. The fraction of sp³-hybridized carbons (Fsp3) is 0.562. The lowest BCUT2D eigenvalue weighted by atomic mass is 9.81. The van der Waals surface area contributed by atoms with Crippen molar-refractivity contribution in [1.82, 2.24) is 0 Å². The molecule has 0 saturated heterocycles. The van der Waals surface area contributed by atoms with E-state index in [0.29, 0.717) is 18.4 Å². The average Bonchev–Trinajstić information content (AvgIpc) is 2.54. The Bertz CT molecular complexity index is 508. The number of carbonyl (C=O) groups is 1. The van der Waals surface area contributed by atoms with Crippen molar-refractivity contribution in [2.24, 2.45) is 11.8 Å². The number of hydrogen-bond acceptors (Lipinski definition) is 5. The highest BCUT2D eigenvalue weighted by Crippen LogP contribution is 2.30. The van der Waals surface area contributed by atoms with Gasteiger partial charge in [-0.1, -0.05) is 39.0 Å². The summed E-state index contributed by atoms with van der Waals surface area (Å²) in [7, 11) is 0. The van der Waals surface area contributed by atoms with E-state index in [2.05, 4.69) is 6.92 Å². The highest BCUT2D eigenvalue weighted by atomic mass is 16.7. The fourth-order valence-electron chi connectivity index (χ4n) is 2.80. The Balaban J connectivity index is 1.76. The Morgan fingerprint density at radius 1 is 1.27 bits per heavy atom. The van der Waals surface area contributed by atoms with Crippen LogP contribution < -0.4 is 4.74 Å². The zero-order chi connectivity index (χ0) is 15.9. The SMILES string of the molecule is C[C@@H](COC(=O)Oc1ccc([N+](=O)[O-])cc1)C1CCCCC1. The molecule has 0 amide bonds. The molecule has 6 nitrogen and oxygen atoms in total. The zero-order valence-electron chi connectivity index (χ0n) is 12.7. The van der Waals surface area contributed by atoms with E-state index in [9.17, 15) is 14.9 Å². The summed E-state index contributed by atoms with van der Waals surface area (Å²) in [6, 6.07) is 5.33. The average molecular weight is 307 g/mol. The first kappa shape index (κ1) is 16.3. The predicted molar refractivity (Wildman–Crippen MR) is 80.8 cm³/mol. The minimum atomic E-state index is -0.767. The van der Waals surface area contributed by atoms with Crippen molar-refractivity contribution in [2.45, 2.75) is 39.0 Å². The van der Waals surface area contributed by atoms with Crippen LogP contribution in [0.1, 0.15) is 39.0 Å². The third kappa shape index (κ3) is 4.72. The standard InChI is InChI=1S/C16H21NO5/c1-12(13-5-3-2-4-6-13)11-21-16(18)22-15-9-7-14(8-10-15)17(19)20/h7-10,12-13H,2-6,11H2,1H3/t12-/m0/s1. The van der Waals surface area contributed by atoms with Crippen LogP contribution in [-0.2, 0) is 4.74 Å². The molecule has 0 aliphatic heterocycles. The van der Waals surface area contributed by atoms with Gasteiger partial charge in [-0.25, -0.2) is 4.79 Å². The Morgan fingerprint density at radius 3 is 2.50 bits per heavy atom. The summed E-state index contributed by atoms with van der Waals surface area (Å²) >= 11 is 0. The van der Waals surface area contributed by atoms with Crippen LogP contribution in [0.5, 0.6) is 5.75 Å². The zero-order valence-corrected chi connectivity index (χ0v) is 12.7. The molecule has 6 heteroatoms. The summed E-state index contributed by atoms with van der Waals surface area (Å²) in [5.41, 5.74) is -0.0494. The number of nitrogens with zero attached hydrogens (tertiary/aromatic N) is 1. The second kappa shape index (κ2) is 7.77. The summed E-state index contributed by atoms with van der Waals surface area (Å²) in [6.45, 7) is 2.44. The maximum atomic E-state index is 11.6. The minimum Gasteiger partial charge on any atom is -0.434 e. The van der Waals surface area contributed by atoms with E-state index in [-0.39, 0.29) is 11.4 Å². The van der Waals surface area contributed by atoms with Crippen LogP contribution in [0.4, 0.5) is 10.5 Å². The van der Waals surface area contributed by atoms with Gasteiger partial charge in [-0.3, -0.25) is 10.1 Å². The molecule has 1 aliphatic rings. The molecule has 1 aromatic rings. The first-order chi connectivity index (χ1) is 10.6. The summed E-state index contributed by atoms with van der Waals surface area (Å²) in [4.78, 5) is 21.7. The van der Waals surface area contributed by atoms with Crippen molar-refractivity contribution in [3.63, 3.8) is 0 Å². The molecule has 2 rings (SSSR count). The second-order valence-corrected chi connectivity index (χ2v) is 5.79. The van der Waals surface area contributed by atoms with Crippen LogP contribution in [0, 0.1) is 22.0 Å². The van der Waals surface area contributed by atoms with Gasteiger partial charge in [-0.2, -0.15) is 0 Å². The van der Waals surface area contributed by atoms with Crippen LogP contribution in [0.25, 0.3) is 0 Å². The summed E-state index contributed by atoms with van der Waals surface area (Å²) in [5, 5.41) is 10.5. The molecule has 22 heavy (non-hydrogen) atoms. The maximum Gasteiger partial charge on any atom is 0.513 e. The van der Waals surface area contributed by atoms with E-state index in [1.807, 2.05) is 0 Å². The van der Waals surface area contributed by atoms with E-state index in [0.717, 1.165) is 0 Å².